The van der Waals surface area contributed by atoms with Crippen LogP contribution in [0.4, 0.5) is 4.39 Å². The monoisotopic (exact) mass is 298 g/mol. The van der Waals surface area contributed by atoms with E-state index < -0.39 is 0 Å². The fraction of sp³-hybridized carbons (Fsp3) is 0. The molecular formula is C13H7FN6S. The lowest BCUT2D eigenvalue weighted by Gasteiger charge is -1.98. The topological polar surface area (TPSA) is 68.9 Å². The summed E-state index contributed by atoms with van der Waals surface area (Å²) in [4.78, 5) is 8.78. The number of hydrogen-bond donors (Lipinski definition) is 0. The Morgan fingerprint density at radius 2 is 2.00 bits per heavy atom. The van der Waals surface area contributed by atoms with Gasteiger partial charge in [0.05, 0.1) is 11.8 Å². The van der Waals surface area contributed by atoms with Crippen molar-refractivity contribution >= 4 is 16.3 Å². The van der Waals surface area contributed by atoms with Crippen molar-refractivity contribution in [1.29, 1.82) is 0 Å². The Hall–Kier alpha value is -2.74. The van der Waals surface area contributed by atoms with Gasteiger partial charge in [-0.05, 0) is 12.1 Å². The van der Waals surface area contributed by atoms with Crippen LogP contribution >= 0.6 is 11.3 Å². The highest BCUT2D eigenvalue weighted by Crippen LogP contribution is 2.27. The third kappa shape index (κ3) is 1.96. The largest absolute Gasteiger partial charge is 0.261 e. The average Bonchev–Trinajstić information content (AvgIpc) is 3.09. The van der Waals surface area contributed by atoms with E-state index in [2.05, 4.69) is 25.3 Å². The van der Waals surface area contributed by atoms with Gasteiger partial charge in [0, 0.05) is 12.4 Å². The maximum atomic E-state index is 13.9. The summed E-state index contributed by atoms with van der Waals surface area (Å²) in [6.07, 6.45) is 4.80. The highest BCUT2D eigenvalue weighted by molar-refractivity contribution is 7.19. The molecule has 0 saturated heterocycles. The number of benzene rings is 1. The number of halogens is 1. The molecule has 0 saturated carbocycles. The molecular weight excluding hydrogens is 291 g/mol. The molecule has 0 radical (unpaired) electrons. The van der Waals surface area contributed by atoms with E-state index in [0.29, 0.717) is 27.1 Å². The van der Waals surface area contributed by atoms with Gasteiger partial charge in [-0.25, -0.2) is 4.39 Å². The predicted molar refractivity (Wildman–Crippen MR) is 75.1 cm³/mol. The molecule has 0 unspecified atom stereocenters. The van der Waals surface area contributed by atoms with Crippen molar-refractivity contribution in [2.75, 3.05) is 0 Å². The average molecular weight is 298 g/mol. The zero-order chi connectivity index (χ0) is 14.2. The van der Waals surface area contributed by atoms with Gasteiger partial charge in [-0.15, -0.1) is 10.2 Å². The zero-order valence-corrected chi connectivity index (χ0v) is 11.3. The molecule has 8 heteroatoms. The molecule has 0 aliphatic heterocycles. The van der Waals surface area contributed by atoms with E-state index in [9.17, 15) is 4.39 Å². The number of nitrogens with zero attached hydrogens (tertiary/aromatic N) is 6. The SMILES string of the molecule is Fc1ccccc1-c1nnc2sc(-c3cnccn3)nn12. The normalized spacial score (nSPS) is 11.1. The fourth-order valence-corrected chi connectivity index (χ4v) is 2.74. The first-order chi connectivity index (χ1) is 10.3. The van der Waals surface area contributed by atoms with Gasteiger partial charge in [0.1, 0.15) is 11.5 Å². The summed E-state index contributed by atoms with van der Waals surface area (Å²) in [5.74, 6) is 0.00958. The molecule has 1 aromatic carbocycles. The van der Waals surface area contributed by atoms with Crippen molar-refractivity contribution < 1.29 is 4.39 Å². The Labute approximate surface area is 122 Å². The van der Waals surface area contributed by atoms with Crippen molar-refractivity contribution in [2.24, 2.45) is 0 Å². The van der Waals surface area contributed by atoms with Crippen LogP contribution < -0.4 is 0 Å². The van der Waals surface area contributed by atoms with E-state index in [1.165, 1.54) is 21.9 Å². The standard InChI is InChI=1S/C13H7FN6S/c14-9-4-2-1-3-8(9)11-17-18-13-20(11)19-12(21-13)10-7-15-5-6-16-10/h1-7H. The van der Waals surface area contributed by atoms with Crippen molar-refractivity contribution in [3.05, 3.63) is 48.7 Å². The van der Waals surface area contributed by atoms with Crippen molar-refractivity contribution in [1.82, 2.24) is 29.8 Å². The first-order valence-corrected chi connectivity index (χ1v) is 6.88. The molecule has 0 aliphatic rings. The van der Waals surface area contributed by atoms with Crippen molar-refractivity contribution in [2.45, 2.75) is 0 Å². The third-order valence-electron chi connectivity index (χ3n) is 2.89. The molecule has 0 N–H and O–H groups in total. The Morgan fingerprint density at radius 3 is 2.81 bits per heavy atom. The smallest absolute Gasteiger partial charge is 0.235 e. The Kier molecular flexibility index (Phi) is 2.68. The molecule has 4 aromatic rings. The molecule has 102 valence electrons. The summed E-state index contributed by atoms with van der Waals surface area (Å²) < 4.78 is 15.4. The highest BCUT2D eigenvalue weighted by atomic mass is 32.1. The third-order valence-corrected chi connectivity index (χ3v) is 3.81. The van der Waals surface area contributed by atoms with Crippen LogP contribution in [0, 0.1) is 5.82 Å². The first-order valence-electron chi connectivity index (χ1n) is 6.06. The van der Waals surface area contributed by atoms with Crippen molar-refractivity contribution in [3.63, 3.8) is 0 Å². The molecule has 3 aromatic heterocycles. The second-order valence-corrected chi connectivity index (χ2v) is 5.15. The molecule has 21 heavy (non-hydrogen) atoms. The Bertz CT molecular complexity index is 917. The van der Waals surface area contributed by atoms with Crippen molar-refractivity contribution in [3.8, 4) is 22.1 Å². The van der Waals surface area contributed by atoms with Crippen LogP contribution in [0.1, 0.15) is 0 Å². The number of fused-ring (bicyclic) bond motifs is 1. The van der Waals surface area contributed by atoms with Crippen LogP contribution in [0.25, 0.3) is 27.1 Å². The lowest BCUT2D eigenvalue weighted by Crippen LogP contribution is -1.94. The molecule has 0 bridgehead atoms. The lowest BCUT2D eigenvalue weighted by molar-refractivity contribution is 0.629. The first kappa shape index (κ1) is 12.0. The maximum absolute atomic E-state index is 13.9. The highest BCUT2D eigenvalue weighted by Gasteiger charge is 2.17. The molecule has 6 nitrogen and oxygen atoms in total. The van der Waals surface area contributed by atoms with E-state index in [4.69, 9.17) is 0 Å². The van der Waals surface area contributed by atoms with Gasteiger partial charge in [0.25, 0.3) is 0 Å². The quantitative estimate of drug-likeness (QED) is 0.568. The Balaban J connectivity index is 1.90. The minimum atomic E-state index is -0.360. The number of rotatable bonds is 2. The summed E-state index contributed by atoms with van der Waals surface area (Å²) in [5, 5.41) is 13.1. The van der Waals surface area contributed by atoms with Crippen LogP contribution in [-0.4, -0.2) is 29.8 Å². The van der Waals surface area contributed by atoms with Gasteiger partial charge in [0.2, 0.25) is 4.96 Å². The summed E-state index contributed by atoms with van der Waals surface area (Å²) in [7, 11) is 0. The second kappa shape index (κ2) is 4.67. The molecule has 3 heterocycles. The van der Waals surface area contributed by atoms with E-state index >= 15 is 0 Å². The molecule has 4 rings (SSSR count). The summed E-state index contributed by atoms with van der Waals surface area (Å²) >= 11 is 1.33. The van der Waals surface area contributed by atoms with E-state index in [1.54, 1.807) is 36.8 Å². The molecule has 0 spiro atoms. The van der Waals surface area contributed by atoms with Crippen LogP contribution in [0.15, 0.2) is 42.9 Å². The maximum Gasteiger partial charge on any atom is 0.235 e. The summed E-state index contributed by atoms with van der Waals surface area (Å²) in [6, 6.07) is 6.40. The Morgan fingerprint density at radius 1 is 1.10 bits per heavy atom. The van der Waals surface area contributed by atoms with Gasteiger partial charge < -0.3 is 0 Å². The second-order valence-electron chi connectivity index (χ2n) is 4.20. The minimum absolute atomic E-state index is 0.360. The van der Waals surface area contributed by atoms with Gasteiger partial charge in [-0.1, -0.05) is 23.5 Å². The zero-order valence-electron chi connectivity index (χ0n) is 10.5. The van der Waals surface area contributed by atoms with Gasteiger partial charge in [-0.3, -0.25) is 9.97 Å². The van der Waals surface area contributed by atoms with Gasteiger partial charge in [-0.2, -0.15) is 9.61 Å². The molecule has 0 fully saturated rings. The predicted octanol–water partition coefficient (Wildman–Crippen LogP) is 2.45. The minimum Gasteiger partial charge on any atom is -0.261 e. The van der Waals surface area contributed by atoms with Gasteiger partial charge in [0.15, 0.2) is 10.8 Å². The molecule has 0 amide bonds. The van der Waals surface area contributed by atoms with E-state index in [0.717, 1.165) is 0 Å². The van der Waals surface area contributed by atoms with Crippen LogP contribution in [0.5, 0.6) is 0 Å². The number of hydrogen-bond acceptors (Lipinski definition) is 6. The summed E-state index contributed by atoms with van der Waals surface area (Å²) in [5.41, 5.74) is 1.01. The van der Waals surface area contributed by atoms with Gasteiger partial charge >= 0.3 is 0 Å². The molecule has 0 aliphatic carbocycles. The van der Waals surface area contributed by atoms with E-state index in [1.807, 2.05) is 0 Å². The lowest BCUT2D eigenvalue weighted by atomic mass is 10.2. The van der Waals surface area contributed by atoms with Crippen LogP contribution in [0.2, 0.25) is 0 Å². The summed E-state index contributed by atoms with van der Waals surface area (Å²) in [6.45, 7) is 0. The fourth-order valence-electron chi connectivity index (χ4n) is 1.94. The van der Waals surface area contributed by atoms with Crippen LogP contribution in [0.3, 0.4) is 0 Å². The number of aromatic nitrogens is 6. The molecule has 0 atom stereocenters. The van der Waals surface area contributed by atoms with Crippen LogP contribution in [-0.2, 0) is 0 Å². The van der Waals surface area contributed by atoms with E-state index in [-0.39, 0.29) is 5.82 Å².